The van der Waals surface area contributed by atoms with Gasteiger partial charge in [0.2, 0.25) is 11.8 Å². The van der Waals surface area contributed by atoms with E-state index >= 15 is 0 Å². The quantitative estimate of drug-likeness (QED) is 0.338. The van der Waals surface area contributed by atoms with Gasteiger partial charge in [0.15, 0.2) is 0 Å². The molecule has 0 aliphatic carbocycles. The van der Waals surface area contributed by atoms with Crippen LogP contribution in [0, 0.1) is 0 Å². The fraction of sp³-hybridized carbons (Fsp3) is 0.400. The molecule has 5 nitrogen and oxygen atoms in total. The minimum atomic E-state index is -0.238. The lowest BCUT2D eigenvalue weighted by Crippen LogP contribution is -2.47. The van der Waals surface area contributed by atoms with Gasteiger partial charge in [0.1, 0.15) is 5.75 Å². The third-order valence-corrected chi connectivity index (χ3v) is 8.04. The van der Waals surface area contributed by atoms with Crippen LogP contribution in [0.1, 0.15) is 66.6 Å². The largest absolute Gasteiger partial charge is 0.497 e. The highest BCUT2D eigenvalue weighted by molar-refractivity contribution is 7.10. The molecule has 190 valence electrons. The number of methoxy groups -OCH3 is 1. The highest BCUT2D eigenvalue weighted by atomic mass is 32.1. The van der Waals surface area contributed by atoms with Gasteiger partial charge in [0, 0.05) is 18.0 Å². The first-order valence-corrected chi connectivity index (χ1v) is 13.8. The van der Waals surface area contributed by atoms with Crippen LogP contribution in [-0.4, -0.2) is 48.4 Å². The first kappa shape index (κ1) is 26.0. The van der Waals surface area contributed by atoms with E-state index in [9.17, 15) is 9.59 Å². The van der Waals surface area contributed by atoms with Crippen LogP contribution < -0.4 is 4.74 Å². The highest BCUT2D eigenvalue weighted by Gasteiger charge is 2.35. The number of nitrogens with zero attached hydrogens (tertiary/aromatic N) is 2. The van der Waals surface area contributed by atoms with Crippen LogP contribution in [0.25, 0.3) is 0 Å². The lowest BCUT2D eigenvalue weighted by molar-refractivity contribution is -0.142. The maximum Gasteiger partial charge on any atom is 0.242 e. The van der Waals surface area contributed by atoms with Gasteiger partial charge in [0.25, 0.3) is 0 Å². The predicted octanol–water partition coefficient (Wildman–Crippen LogP) is 6.05. The molecule has 0 N–H and O–H groups in total. The summed E-state index contributed by atoms with van der Waals surface area (Å²) in [4.78, 5) is 32.7. The number of unbranched alkanes of at least 4 members (excludes halogenated alkanes) is 1. The van der Waals surface area contributed by atoms with Crippen molar-refractivity contribution in [2.75, 3.05) is 26.7 Å². The maximum absolute atomic E-state index is 13.9. The number of thiophene rings is 1. The van der Waals surface area contributed by atoms with Gasteiger partial charge in [0.05, 0.1) is 25.6 Å². The molecule has 0 saturated heterocycles. The molecule has 0 bridgehead atoms. The highest BCUT2D eigenvalue weighted by Crippen LogP contribution is 2.38. The zero-order valence-corrected chi connectivity index (χ0v) is 22.3. The van der Waals surface area contributed by atoms with Gasteiger partial charge < -0.3 is 14.5 Å². The van der Waals surface area contributed by atoms with E-state index in [1.807, 2.05) is 66.4 Å². The number of fused-ring (bicyclic) bond motifs is 1. The van der Waals surface area contributed by atoms with Crippen LogP contribution in [0.3, 0.4) is 0 Å². The molecule has 2 amide bonds. The summed E-state index contributed by atoms with van der Waals surface area (Å²) in [7, 11) is 1.66. The van der Waals surface area contributed by atoms with Gasteiger partial charge in [-0.25, -0.2) is 0 Å². The Morgan fingerprint density at radius 2 is 1.83 bits per heavy atom. The molecule has 1 aromatic heterocycles. The zero-order valence-electron chi connectivity index (χ0n) is 21.5. The average Bonchev–Trinajstić information content (AvgIpc) is 3.40. The summed E-state index contributed by atoms with van der Waals surface area (Å²) >= 11 is 1.75. The number of carbonyl (C=O) groups excluding carboxylic acids is 2. The van der Waals surface area contributed by atoms with Crippen molar-refractivity contribution in [2.24, 2.45) is 0 Å². The van der Waals surface area contributed by atoms with Gasteiger partial charge >= 0.3 is 0 Å². The van der Waals surface area contributed by atoms with Crippen LogP contribution in [0.2, 0.25) is 0 Å². The molecule has 0 spiro atoms. The van der Waals surface area contributed by atoms with Crippen LogP contribution in [0.15, 0.2) is 66.0 Å². The Labute approximate surface area is 218 Å². The molecule has 1 aliphatic rings. The predicted molar refractivity (Wildman–Crippen MR) is 146 cm³/mol. The normalized spacial score (nSPS) is 15.8. The SMILES string of the molecule is CCCCN(CC(=O)N1CCc2sccc2C1c1ccc(OC)cc1)C(=O)C(CC)c1ccccc1. The lowest BCUT2D eigenvalue weighted by atomic mass is 9.92. The molecular formula is C30H36N2O3S. The van der Waals surface area contributed by atoms with E-state index in [0.717, 1.165) is 36.1 Å². The van der Waals surface area contributed by atoms with Gasteiger partial charge in [-0.2, -0.15) is 0 Å². The standard InChI is InChI=1S/C30H36N2O3S/c1-4-6-18-31(30(34)25(5-2)22-10-8-7-9-11-22)21-28(33)32-19-16-27-26(17-20-36-27)29(32)23-12-14-24(35-3)15-13-23/h7-15,17,20,25,29H,4-6,16,18-19,21H2,1-3H3. The second kappa shape index (κ2) is 12.2. The number of rotatable bonds is 10. The van der Waals surface area contributed by atoms with Crippen molar-refractivity contribution in [3.05, 3.63) is 87.6 Å². The van der Waals surface area contributed by atoms with Crippen molar-refractivity contribution in [2.45, 2.75) is 51.5 Å². The topological polar surface area (TPSA) is 49.9 Å². The minimum Gasteiger partial charge on any atom is -0.497 e. The van der Waals surface area contributed by atoms with Crippen molar-refractivity contribution in [1.82, 2.24) is 9.80 Å². The first-order valence-electron chi connectivity index (χ1n) is 12.9. The molecule has 2 aromatic carbocycles. The molecule has 2 atom stereocenters. The number of hydrogen-bond acceptors (Lipinski definition) is 4. The molecule has 36 heavy (non-hydrogen) atoms. The Balaban J connectivity index is 1.60. The summed E-state index contributed by atoms with van der Waals surface area (Å²) in [6, 6.07) is 19.9. The zero-order chi connectivity index (χ0) is 25.5. The molecular weight excluding hydrogens is 468 g/mol. The Kier molecular flexibility index (Phi) is 8.81. The summed E-state index contributed by atoms with van der Waals surface area (Å²) in [5.41, 5.74) is 3.26. The van der Waals surface area contributed by atoms with E-state index < -0.39 is 0 Å². The summed E-state index contributed by atoms with van der Waals surface area (Å²) in [5.74, 6) is 0.596. The maximum atomic E-state index is 13.9. The summed E-state index contributed by atoms with van der Waals surface area (Å²) in [6.07, 6.45) is 3.39. The van der Waals surface area contributed by atoms with Crippen LogP contribution >= 0.6 is 11.3 Å². The first-order chi connectivity index (χ1) is 17.6. The van der Waals surface area contributed by atoms with Gasteiger partial charge in [-0.3, -0.25) is 9.59 Å². The number of amides is 2. The van der Waals surface area contributed by atoms with Gasteiger partial charge in [-0.05, 0) is 59.5 Å². The summed E-state index contributed by atoms with van der Waals surface area (Å²) in [5, 5.41) is 2.11. The average molecular weight is 505 g/mol. The van der Waals surface area contributed by atoms with Crippen LogP contribution in [0.5, 0.6) is 5.75 Å². The monoisotopic (exact) mass is 504 g/mol. The molecule has 3 aromatic rings. The lowest BCUT2D eigenvalue weighted by Gasteiger charge is -2.38. The number of benzene rings is 2. The second-order valence-corrected chi connectivity index (χ2v) is 10.3. The van der Waals surface area contributed by atoms with Crippen molar-refractivity contribution in [1.29, 1.82) is 0 Å². The molecule has 2 unspecified atom stereocenters. The van der Waals surface area contributed by atoms with Crippen LogP contribution in [0.4, 0.5) is 0 Å². The minimum absolute atomic E-state index is 0.0000332. The Morgan fingerprint density at radius 1 is 1.08 bits per heavy atom. The van der Waals surface area contributed by atoms with E-state index in [1.165, 1.54) is 10.4 Å². The van der Waals surface area contributed by atoms with Crippen molar-refractivity contribution in [3.63, 3.8) is 0 Å². The van der Waals surface area contributed by atoms with Crippen molar-refractivity contribution in [3.8, 4) is 5.75 Å². The van der Waals surface area contributed by atoms with Gasteiger partial charge in [-0.1, -0.05) is 62.7 Å². The van der Waals surface area contributed by atoms with E-state index in [0.29, 0.717) is 19.5 Å². The summed E-state index contributed by atoms with van der Waals surface area (Å²) < 4.78 is 5.35. The van der Waals surface area contributed by atoms with Crippen LogP contribution in [-0.2, 0) is 16.0 Å². The van der Waals surface area contributed by atoms with E-state index in [2.05, 4.69) is 18.4 Å². The molecule has 0 fully saturated rings. The smallest absolute Gasteiger partial charge is 0.242 e. The van der Waals surface area contributed by atoms with E-state index in [-0.39, 0.29) is 30.3 Å². The van der Waals surface area contributed by atoms with E-state index in [1.54, 1.807) is 23.3 Å². The molecule has 2 heterocycles. The molecule has 1 aliphatic heterocycles. The second-order valence-electron chi connectivity index (χ2n) is 9.30. The molecule has 0 saturated carbocycles. The molecule has 0 radical (unpaired) electrons. The third-order valence-electron chi connectivity index (χ3n) is 7.05. The Bertz CT molecular complexity index is 1140. The number of ether oxygens (including phenoxy) is 1. The number of carbonyl (C=O) groups is 2. The fourth-order valence-corrected chi connectivity index (χ4v) is 5.96. The Hall–Kier alpha value is -3.12. The Morgan fingerprint density at radius 3 is 2.50 bits per heavy atom. The van der Waals surface area contributed by atoms with E-state index in [4.69, 9.17) is 4.74 Å². The van der Waals surface area contributed by atoms with Crippen molar-refractivity contribution < 1.29 is 14.3 Å². The van der Waals surface area contributed by atoms with Gasteiger partial charge in [-0.15, -0.1) is 11.3 Å². The fourth-order valence-electron chi connectivity index (χ4n) is 5.06. The molecule has 6 heteroatoms. The third kappa shape index (κ3) is 5.65. The molecule has 4 rings (SSSR count). The van der Waals surface area contributed by atoms with Crippen molar-refractivity contribution >= 4 is 23.2 Å². The summed E-state index contributed by atoms with van der Waals surface area (Å²) in [6.45, 7) is 5.50. The number of hydrogen-bond donors (Lipinski definition) is 0.